The molecule has 1 aliphatic rings. The van der Waals surface area contributed by atoms with E-state index >= 15 is 0 Å². The van der Waals surface area contributed by atoms with Crippen molar-refractivity contribution in [3.05, 3.63) is 64.8 Å². The number of carbonyl (C=O) groups is 1. The average molecular weight is 364 g/mol. The maximum absolute atomic E-state index is 13.2. The van der Waals surface area contributed by atoms with Crippen LogP contribution in [0.4, 0.5) is 0 Å². The number of piperidine rings is 1. The van der Waals surface area contributed by atoms with Crippen molar-refractivity contribution in [1.82, 2.24) is 19.8 Å². The Kier molecular flexibility index (Phi) is 4.56. The fourth-order valence-corrected chi connectivity index (χ4v) is 3.83. The van der Waals surface area contributed by atoms with Gasteiger partial charge in [0.05, 0.1) is 17.4 Å². The molecule has 0 radical (unpaired) electrons. The van der Waals surface area contributed by atoms with Gasteiger partial charge in [-0.15, -0.1) is 0 Å². The molecule has 0 aliphatic carbocycles. The Labute approximate surface area is 158 Å². The molecule has 1 aliphatic heterocycles. The summed E-state index contributed by atoms with van der Waals surface area (Å²) in [5.74, 6) is 0.817. The molecule has 1 unspecified atom stereocenters. The normalized spacial score (nSPS) is 17.3. The predicted molar refractivity (Wildman–Crippen MR) is 102 cm³/mol. The number of hydrogen-bond donors (Lipinski definition) is 0. The third kappa shape index (κ3) is 3.39. The Morgan fingerprint density at radius 2 is 1.89 bits per heavy atom. The molecule has 140 valence electrons. The average Bonchev–Trinajstić information content (AvgIpc) is 3.26. The van der Waals surface area contributed by atoms with Crippen molar-refractivity contribution in [2.45, 2.75) is 46.1 Å². The highest BCUT2D eigenvalue weighted by atomic mass is 16.5. The zero-order chi connectivity index (χ0) is 19.0. The zero-order valence-corrected chi connectivity index (χ0v) is 16.0. The summed E-state index contributed by atoms with van der Waals surface area (Å²) in [5, 5.41) is 8.65. The molecule has 1 amide bonds. The summed E-state index contributed by atoms with van der Waals surface area (Å²) in [6, 6.07) is 11.6. The van der Waals surface area contributed by atoms with Crippen LogP contribution in [0.3, 0.4) is 0 Å². The molecule has 1 aromatic carbocycles. The second kappa shape index (κ2) is 7.02. The van der Waals surface area contributed by atoms with E-state index in [1.165, 1.54) is 0 Å². The molecule has 0 N–H and O–H groups in total. The third-order valence-corrected chi connectivity index (χ3v) is 5.12. The molecule has 0 saturated carbocycles. The van der Waals surface area contributed by atoms with Gasteiger partial charge in [-0.05, 0) is 70.4 Å². The number of hydrogen-bond acceptors (Lipinski definition) is 4. The van der Waals surface area contributed by atoms with Crippen LogP contribution in [0.1, 0.15) is 58.5 Å². The van der Waals surface area contributed by atoms with E-state index in [0.717, 1.165) is 54.3 Å². The van der Waals surface area contributed by atoms with Gasteiger partial charge in [-0.3, -0.25) is 4.79 Å². The number of likely N-dealkylation sites (tertiary alicyclic amines) is 1. The zero-order valence-electron chi connectivity index (χ0n) is 16.0. The summed E-state index contributed by atoms with van der Waals surface area (Å²) in [6.45, 7) is 6.62. The van der Waals surface area contributed by atoms with Crippen molar-refractivity contribution < 1.29 is 9.32 Å². The second-order valence-corrected chi connectivity index (χ2v) is 7.26. The van der Waals surface area contributed by atoms with Gasteiger partial charge >= 0.3 is 0 Å². The van der Waals surface area contributed by atoms with Crippen LogP contribution in [-0.4, -0.2) is 32.3 Å². The van der Waals surface area contributed by atoms with Crippen LogP contribution in [0.5, 0.6) is 0 Å². The largest absolute Gasteiger partial charge is 0.361 e. The van der Waals surface area contributed by atoms with Crippen LogP contribution < -0.4 is 0 Å². The lowest BCUT2D eigenvalue weighted by atomic mass is 9.98. The Bertz CT molecular complexity index is 955. The SMILES string of the molecule is Cc1cc(C)n(-c2ccc(C(=O)N3CCCCC3c3cc(C)on3)cc2)n1. The van der Waals surface area contributed by atoms with Crippen LogP contribution >= 0.6 is 0 Å². The molecule has 6 heteroatoms. The predicted octanol–water partition coefficient (Wildman–Crippen LogP) is 4.15. The van der Waals surface area contributed by atoms with E-state index in [0.29, 0.717) is 5.56 Å². The third-order valence-electron chi connectivity index (χ3n) is 5.12. The van der Waals surface area contributed by atoms with E-state index < -0.39 is 0 Å². The molecule has 4 rings (SSSR count). The smallest absolute Gasteiger partial charge is 0.254 e. The van der Waals surface area contributed by atoms with E-state index in [-0.39, 0.29) is 11.9 Å². The Balaban J connectivity index is 1.58. The van der Waals surface area contributed by atoms with E-state index in [1.54, 1.807) is 0 Å². The van der Waals surface area contributed by atoms with Crippen LogP contribution in [-0.2, 0) is 0 Å². The number of rotatable bonds is 3. The van der Waals surface area contributed by atoms with Crippen LogP contribution in [0.15, 0.2) is 40.9 Å². The molecular weight excluding hydrogens is 340 g/mol. The topological polar surface area (TPSA) is 64.2 Å². The van der Waals surface area contributed by atoms with Crippen LogP contribution in [0.25, 0.3) is 5.69 Å². The first-order valence-electron chi connectivity index (χ1n) is 9.41. The maximum atomic E-state index is 13.2. The molecule has 1 saturated heterocycles. The fraction of sp³-hybridized carbons (Fsp3) is 0.381. The first-order chi connectivity index (χ1) is 13.0. The van der Waals surface area contributed by atoms with Gasteiger partial charge in [0.15, 0.2) is 0 Å². The van der Waals surface area contributed by atoms with Gasteiger partial charge in [0.2, 0.25) is 0 Å². The lowest BCUT2D eigenvalue weighted by Crippen LogP contribution is -2.38. The molecular formula is C21H24N4O2. The number of nitrogens with zero attached hydrogens (tertiary/aromatic N) is 4. The number of amides is 1. The van der Waals surface area contributed by atoms with Gasteiger partial charge in [0, 0.05) is 23.9 Å². The molecule has 6 nitrogen and oxygen atoms in total. The lowest BCUT2D eigenvalue weighted by Gasteiger charge is -2.34. The fourth-order valence-electron chi connectivity index (χ4n) is 3.83. The lowest BCUT2D eigenvalue weighted by molar-refractivity contribution is 0.0602. The summed E-state index contributed by atoms with van der Waals surface area (Å²) in [6.07, 6.45) is 3.03. The van der Waals surface area contributed by atoms with Crippen molar-refractivity contribution in [3.63, 3.8) is 0 Å². The minimum Gasteiger partial charge on any atom is -0.361 e. The van der Waals surface area contributed by atoms with Gasteiger partial charge in [-0.2, -0.15) is 5.10 Å². The monoisotopic (exact) mass is 364 g/mol. The highest BCUT2D eigenvalue weighted by molar-refractivity contribution is 5.94. The molecule has 27 heavy (non-hydrogen) atoms. The van der Waals surface area contributed by atoms with E-state index in [2.05, 4.69) is 10.3 Å². The summed E-state index contributed by atoms with van der Waals surface area (Å²) in [7, 11) is 0. The quantitative estimate of drug-likeness (QED) is 0.700. The van der Waals surface area contributed by atoms with Gasteiger partial charge in [0.1, 0.15) is 11.5 Å². The first kappa shape index (κ1) is 17.5. The van der Waals surface area contributed by atoms with Gasteiger partial charge in [-0.25, -0.2) is 4.68 Å². The number of aromatic nitrogens is 3. The van der Waals surface area contributed by atoms with Crippen molar-refractivity contribution in [2.24, 2.45) is 0 Å². The maximum Gasteiger partial charge on any atom is 0.254 e. The van der Waals surface area contributed by atoms with Crippen LogP contribution in [0, 0.1) is 20.8 Å². The van der Waals surface area contributed by atoms with Crippen molar-refractivity contribution in [1.29, 1.82) is 0 Å². The molecule has 0 spiro atoms. The summed E-state index contributed by atoms with van der Waals surface area (Å²) >= 11 is 0. The molecule has 1 atom stereocenters. The minimum absolute atomic E-state index is 0.0145. The number of aryl methyl sites for hydroxylation is 3. The van der Waals surface area contributed by atoms with Gasteiger partial charge < -0.3 is 9.42 Å². The van der Waals surface area contributed by atoms with Crippen molar-refractivity contribution in [3.8, 4) is 5.69 Å². The highest BCUT2D eigenvalue weighted by Gasteiger charge is 2.30. The minimum atomic E-state index is -0.0145. The number of carbonyl (C=O) groups excluding carboxylic acids is 1. The molecule has 3 heterocycles. The molecule has 1 fully saturated rings. The highest BCUT2D eigenvalue weighted by Crippen LogP contribution is 2.32. The Morgan fingerprint density at radius 3 is 2.52 bits per heavy atom. The first-order valence-corrected chi connectivity index (χ1v) is 9.41. The van der Waals surface area contributed by atoms with E-state index in [1.807, 2.05) is 66.8 Å². The molecule has 3 aromatic rings. The Morgan fingerprint density at radius 1 is 1.11 bits per heavy atom. The number of benzene rings is 1. The molecule has 2 aromatic heterocycles. The summed E-state index contributed by atoms with van der Waals surface area (Å²) in [4.78, 5) is 15.1. The van der Waals surface area contributed by atoms with Crippen molar-refractivity contribution in [2.75, 3.05) is 6.54 Å². The summed E-state index contributed by atoms with van der Waals surface area (Å²) < 4.78 is 7.13. The van der Waals surface area contributed by atoms with Gasteiger partial charge in [-0.1, -0.05) is 5.16 Å². The standard InChI is InChI=1S/C21H24N4O2/c1-14-12-15(2)25(22-14)18-9-7-17(8-10-18)21(26)24-11-5-4-6-20(24)19-13-16(3)27-23-19/h7-10,12-13,20H,4-6,11H2,1-3H3. The Hall–Kier alpha value is -2.89. The van der Waals surface area contributed by atoms with Crippen LogP contribution in [0.2, 0.25) is 0 Å². The van der Waals surface area contributed by atoms with Crippen molar-refractivity contribution >= 4 is 5.91 Å². The summed E-state index contributed by atoms with van der Waals surface area (Å²) in [5.41, 5.74) is 4.54. The van der Waals surface area contributed by atoms with E-state index in [9.17, 15) is 4.79 Å². The van der Waals surface area contributed by atoms with Gasteiger partial charge in [0.25, 0.3) is 5.91 Å². The van der Waals surface area contributed by atoms with E-state index in [4.69, 9.17) is 4.52 Å². The molecule has 0 bridgehead atoms. The second-order valence-electron chi connectivity index (χ2n) is 7.26.